The van der Waals surface area contributed by atoms with Gasteiger partial charge in [0, 0.05) is 10.6 Å². The van der Waals surface area contributed by atoms with Gasteiger partial charge in [-0.25, -0.2) is 5.06 Å². The SMILES string of the molecule is C/C=C(\C)C(=O)N(O)Cc1ccccc1Cl. The minimum absolute atomic E-state index is 0.0870. The molecule has 0 aliphatic carbocycles. The highest BCUT2D eigenvalue weighted by Crippen LogP contribution is 2.17. The Hall–Kier alpha value is -1.32. The Kier molecular flexibility index (Phi) is 4.52. The highest BCUT2D eigenvalue weighted by atomic mass is 35.5. The molecule has 0 bridgehead atoms. The smallest absolute Gasteiger partial charge is 0.272 e. The summed E-state index contributed by atoms with van der Waals surface area (Å²) in [4.78, 5) is 11.6. The van der Waals surface area contributed by atoms with Gasteiger partial charge in [-0.2, -0.15) is 0 Å². The van der Waals surface area contributed by atoms with Crippen LogP contribution in [0.1, 0.15) is 19.4 Å². The summed E-state index contributed by atoms with van der Waals surface area (Å²) in [7, 11) is 0. The van der Waals surface area contributed by atoms with Crippen molar-refractivity contribution in [2.45, 2.75) is 20.4 Å². The Morgan fingerprint density at radius 2 is 2.12 bits per heavy atom. The zero-order chi connectivity index (χ0) is 12.1. The number of hydrogen-bond acceptors (Lipinski definition) is 2. The Morgan fingerprint density at radius 1 is 1.50 bits per heavy atom. The third kappa shape index (κ3) is 3.08. The molecule has 0 saturated heterocycles. The minimum atomic E-state index is -0.414. The largest absolute Gasteiger partial charge is 0.285 e. The highest BCUT2D eigenvalue weighted by Gasteiger charge is 2.13. The molecule has 0 radical (unpaired) electrons. The van der Waals surface area contributed by atoms with Crippen LogP contribution in [-0.2, 0) is 11.3 Å². The molecule has 1 N–H and O–H groups in total. The lowest BCUT2D eigenvalue weighted by Gasteiger charge is -2.15. The monoisotopic (exact) mass is 239 g/mol. The van der Waals surface area contributed by atoms with Crippen molar-refractivity contribution >= 4 is 17.5 Å². The third-order valence-electron chi connectivity index (χ3n) is 2.28. The van der Waals surface area contributed by atoms with E-state index in [1.54, 1.807) is 38.1 Å². The first-order chi connectivity index (χ1) is 7.56. The molecule has 0 aliphatic rings. The van der Waals surface area contributed by atoms with E-state index in [1.807, 2.05) is 6.07 Å². The topological polar surface area (TPSA) is 40.5 Å². The molecule has 0 spiro atoms. The molecule has 3 nitrogen and oxygen atoms in total. The van der Waals surface area contributed by atoms with Crippen LogP contribution in [0.25, 0.3) is 0 Å². The van der Waals surface area contributed by atoms with Gasteiger partial charge in [0.2, 0.25) is 0 Å². The number of carbonyl (C=O) groups is 1. The molecule has 1 amide bonds. The molecule has 0 aliphatic heterocycles. The van der Waals surface area contributed by atoms with Crippen LogP contribution in [0.15, 0.2) is 35.9 Å². The number of rotatable bonds is 3. The number of amides is 1. The van der Waals surface area contributed by atoms with E-state index in [-0.39, 0.29) is 6.54 Å². The van der Waals surface area contributed by atoms with E-state index in [9.17, 15) is 10.0 Å². The van der Waals surface area contributed by atoms with Crippen molar-refractivity contribution in [1.29, 1.82) is 0 Å². The van der Waals surface area contributed by atoms with Gasteiger partial charge in [-0.15, -0.1) is 0 Å². The second-order valence-electron chi connectivity index (χ2n) is 3.43. The average molecular weight is 240 g/mol. The van der Waals surface area contributed by atoms with Crippen molar-refractivity contribution in [2.24, 2.45) is 0 Å². The predicted molar refractivity (Wildman–Crippen MR) is 63.2 cm³/mol. The van der Waals surface area contributed by atoms with E-state index in [2.05, 4.69) is 0 Å². The van der Waals surface area contributed by atoms with Gasteiger partial charge in [0.05, 0.1) is 6.54 Å². The zero-order valence-corrected chi connectivity index (χ0v) is 10.0. The summed E-state index contributed by atoms with van der Waals surface area (Å²) in [5.74, 6) is -0.414. The molecule has 0 fully saturated rings. The van der Waals surface area contributed by atoms with Crippen LogP contribution in [0.4, 0.5) is 0 Å². The first kappa shape index (κ1) is 12.7. The standard InChI is InChI=1S/C12H14ClNO2/c1-3-9(2)12(15)14(16)8-10-6-4-5-7-11(10)13/h3-7,16H,8H2,1-2H3/b9-3+. The molecule has 4 heteroatoms. The van der Waals surface area contributed by atoms with Crippen LogP contribution in [0.3, 0.4) is 0 Å². The molecule has 0 unspecified atom stereocenters. The summed E-state index contributed by atoms with van der Waals surface area (Å²) in [5.41, 5.74) is 1.21. The number of allylic oxidation sites excluding steroid dienone is 1. The number of hydrogen-bond donors (Lipinski definition) is 1. The van der Waals surface area contributed by atoms with Crippen molar-refractivity contribution < 1.29 is 10.0 Å². The van der Waals surface area contributed by atoms with Crippen LogP contribution < -0.4 is 0 Å². The van der Waals surface area contributed by atoms with E-state index in [0.717, 1.165) is 0 Å². The predicted octanol–water partition coefficient (Wildman–Crippen LogP) is 3.02. The molecule has 0 heterocycles. The fourth-order valence-corrected chi connectivity index (χ4v) is 1.38. The molecule has 0 atom stereocenters. The van der Waals surface area contributed by atoms with E-state index >= 15 is 0 Å². The lowest BCUT2D eigenvalue weighted by atomic mass is 10.2. The Balaban J connectivity index is 2.76. The molecule has 86 valence electrons. The van der Waals surface area contributed by atoms with Crippen LogP contribution >= 0.6 is 11.6 Å². The van der Waals surface area contributed by atoms with Gasteiger partial charge in [-0.1, -0.05) is 35.9 Å². The van der Waals surface area contributed by atoms with Gasteiger partial charge in [-0.05, 0) is 25.5 Å². The van der Waals surface area contributed by atoms with Crippen LogP contribution in [0.5, 0.6) is 0 Å². The third-order valence-corrected chi connectivity index (χ3v) is 2.65. The molecule has 0 saturated carbocycles. The van der Waals surface area contributed by atoms with E-state index < -0.39 is 5.91 Å². The fraction of sp³-hybridized carbons (Fsp3) is 0.250. The summed E-state index contributed by atoms with van der Waals surface area (Å²) in [6.07, 6.45) is 1.65. The van der Waals surface area contributed by atoms with E-state index in [4.69, 9.17) is 11.6 Å². The Bertz CT molecular complexity index is 415. The number of carbonyl (C=O) groups excluding carboxylic acids is 1. The maximum absolute atomic E-state index is 11.6. The molecule has 16 heavy (non-hydrogen) atoms. The average Bonchev–Trinajstić information content (AvgIpc) is 2.30. The lowest BCUT2D eigenvalue weighted by Crippen LogP contribution is -2.27. The lowest BCUT2D eigenvalue weighted by molar-refractivity contribution is -0.163. The number of benzene rings is 1. The molecule has 0 aromatic heterocycles. The van der Waals surface area contributed by atoms with Crippen molar-refractivity contribution in [1.82, 2.24) is 5.06 Å². The maximum atomic E-state index is 11.6. The molecule has 1 rings (SSSR count). The summed E-state index contributed by atoms with van der Waals surface area (Å²) in [6, 6.07) is 7.09. The van der Waals surface area contributed by atoms with Crippen LogP contribution in [-0.4, -0.2) is 16.2 Å². The van der Waals surface area contributed by atoms with Crippen molar-refractivity contribution in [3.63, 3.8) is 0 Å². The van der Waals surface area contributed by atoms with Gasteiger partial charge in [0.1, 0.15) is 0 Å². The van der Waals surface area contributed by atoms with Crippen molar-refractivity contribution in [2.75, 3.05) is 0 Å². The summed E-state index contributed by atoms with van der Waals surface area (Å²) < 4.78 is 0. The van der Waals surface area contributed by atoms with Gasteiger partial charge in [0.15, 0.2) is 0 Å². The number of halogens is 1. The van der Waals surface area contributed by atoms with Gasteiger partial charge in [-0.3, -0.25) is 10.0 Å². The first-order valence-corrected chi connectivity index (χ1v) is 5.31. The van der Waals surface area contributed by atoms with Gasteiger partial charge < -0.3 is 0 Å². The fourth-order valence-electron chi connectivity index (χ4n) is 1.19. The summed E-state index contributed by atoms with van der Waals surface area (Å²) in [6.45, 7) is 3.48. The van der Waals surface area contributed by atoms with E-state index in [1.165, 1.54) is 0 Å². The van der Waals surface area contributed by atoms with Gasteiger partial charge >= 0.3 is 0 Å². The quantitative estimate of drug-likeness (QED) is 0.500. The van der Waals surface area contributed by atoms with Crippen molar-refractivity contribution in [3.8, 4) is 0 Å². The van der Waals surface area contributed by atoms with Crippen molar-refractivity contribution in [3.05, 3.63) is 46.5 Å². The zero-order valence-electron chi connectivity index (χ0n) is 9.27. The molecule has 1 aromatic carbocycles. The first-order valence-electron chi connectivity index (χ1n) is 4.93. The number of nitrogens with zero attached hydrogens (tertiary/aromatic N) is 1. The Morgan fingerprint density at radius 3 is 2.69 bits per heavy atom. The second-order valence-corrected chi connectivity index (χ2v) is 3.83. The second kappa shape index (κ2) is 5.68. The number of hydroxylamine groups is 2. The van der Waals surface area contributed by atoms with E-state index in [0.29, 0.717) is 21.2 Å². The Labute approximate surface area is 99.9 Å². The normalized spacial score (nSPS) is 11.4. The van der Waals surface area contributed by atoms with Crippen LogP contribution in [0, 0.1) is 0 Å². The van der Waals surface area contributed by atoms with Gasteiger partial charge in [0.25, 0.3) is 5.91 Å². The minimum Gasteiger partial charge on any atom is -0.285 e. The highest BCUT2D eigenvalue weighted by molar-refractivity contribution is 6.31. The molecule has 1 aromatic rings. The maximum Gasteiger partial charge on any atom is 0.272 e. The summed E-state index contributed by atoms with van der Waals surface area (Å²) >= 11 is 5.92. The molecular weight excluding hydrogens is 226 g/mol. The summed E-state index contributed by atoms with van der Waals surface area (Å²) in [5, 5.41) is 10.8. The van der Waals surface area contributed by atoms with Crippen LogP contribution in [0.2, 0.25) is 5.02 Å². The molecular formula is C12H14ClNO2.